The number of benzene rings is 1. The summed E-state index contributed by atoms with van der Waals surface area (Å²) in [7, 11) is 0. The van der Waals surface area contributed by atoms with Gasteiger partial charge in [0, 0.05) is 6.42 Å². The average molecular weight is 347 g/mol. The zero-order chi connectivity index (χ0) is 18.6. The van der Waals surface area contributed by atoms with Gasteiger partial charge >= 0.3 is 11.9 Å². The molecule has 0 bridgehead atoms. The molecule has 1 heterocycles. The van der Waals surface area contributed by atoms with Crippen molar-refractivity contribution < 1.29 is 24.6 Å². The first-order valence-electron chi connectivity index (χ1n) is 7.97. The van der Waals surface area contributed by atoms with Gasteiger partial charge in [0.15, 0.2) is 6.04 Å². The van der Waals surface area contributed by atoms with E-state index in [-0.39, 0.29) is 24.5 Å². The molecule has 0 saturated heterocycles. The number of carbonyl (C=O) groups excluding carboxylic acids is 1. The quantitative estimate of drug-likeness (QED) is 0.684. The van der Waals surface area contributed by atoms with Gasteiger partial charge in [0.1, 0.15) is 11.8 Å². The number of carboxylic acids is 2. The molecule has 134 valence electrons. The second-order valence-electron chi connectivity index (χ2n) is 6.28. The molecule has 0 saturated carbocycles. The minimum absolute atomic E-state index is 0.00580. The van der Waals surface area contributed by atoms with Crippen molar-refractivity contribution in [1.82, 2.24) is 5.32 Å². The van der Waals surface area contributed by atoms with Gasteiger partial charge in [0.05, 0.1) is 5.69 Å². The summed E-state index contributed by atoms with van der Waals surface area (Å²) in [6.45, 7) is 3.71. The van der Waals surface area contributed by atoms with Crippen LogP contribution in [0.1, 0.15) is 26.7 Å². The lowest BCUT2D eigenvalue weighted by Crippen LogP contribution is -2.44. The standard InChI is InChI=1S/C17H21N3O5/c1-10(2)8-13(16(22)23)18-15(21)12-9-14(17(24)25)20(19-12)11-6-4-3-5-7-11/h3-7,10,13-14H,8-9H2,1-2H3,(H,18,21)(H,22,23)(H,24,25)/t13-,14?/m0/s1. The maximum Gasteiger partial charge on any atom is 0.328 e. The summed E-state index contributed by atoms with van der Waals surface area (Å²) in [4.78, 5) is 35.1. The van der Waals surface area contributed by atoms with Gasteiger partial charge in [-0.25, -0.2) is 9.59 Å². The summed E-state index contributed by atoms with van der Waals surface area (Å²) >= 11 is 0. The minimum atomic E-state index is -1.13. The maximum atomic E-state index is 12.4. The van der Waals surface area contributed by atoms with Crippen molar-refractivity contribution >= 4 is 29.2 Å². The number of hydrazone groups is 1. The van der Waals surface area contributed by atoms with Crippen LogP contribution in [-0.2, 0) is 14.4 Å². The van der Waals surface area contributed by atoms with E-state index in [1.165, 1.54) is 5.01 Å². The van der Waals surface area contributed by atoms with Crippen LogP contribution in [0.5, 0.6) is 0 Å². The molecular formula is C17H21N3O5. The Morgan fingerprint density at radius 3 is 2.40 bits per heavy atom. The molecule has 0 radical (unpaired) electrons. The van der Waals surface area contributed by atoms with Crippen molar-refractivity contribution in [3.63, 3.8) is 0 Å². The fraction of sp³-hybridized carbons (Fsp3) is 0.412. The van der Waals surface area contributed by atoms with Crippen molar-refractivity contribution in [3.8, 4) is 0 Å². The number of para-hydroxylation sites is 1. The Kier molecular flexibility index (Phi) is 5.74. The SMILES string of the molecule is CC(C)C[C@H](NC(=O)C1=NN(c2ccccc2)C(C(=O)O)C1)C(=O)O. The number of aliphatic carboxylic acids is 2. The van der Waals surface area contributed by atoms with Crippen molar-refractivity contribution in [2.75, 3.05) is 5.01 Å². The van der Waals surface area contributed by atoms with E-state index in [2.05, 4.69) is 10.4 Å². The highest BCUT2D eigenvalue weighted by atomic mass is 16.4. The van der Waals surface area contributed by atoms with E-state index in [9.17, 15) is 24.6 Å². The van der Waals surface area contributed by atoms with E-state index in [0.29, 0.717) is 5.69 Å². The Hall–Kier alpha value is -2.90. The van der Waals surface area contributed by atoms with Crippen LogP contribution in [0.4, 0.5) is 5.69 Å². The van der Waals surface area contributed by atoms with Crippen molar-refractivity contribution in [3.05, 3.63) is 30.3 Å². The first-order chi connectivity index (χ1) is 11.8. The number of carboxylic acid groups (broad SMARTS) is 2. The van der Waals surface area contributed by atoms with E-state index in [1.807, 2.05) is 13.8 Å². The topological polar surface area (TPSA) is 119 Å². The zero-order valence-electron chi connectivity index (χ0n) is 14.0. The van der Waals surface area contributed by atoms with Crippen LogP contribution in [-0.4, -0.2) is 45.9 Å². The molecule has 1 unspecified atom stereocenters. The molecule has 0 aliphatic carbocycles. The van der Waals surface area contributed by atoms with Crippen molar-refractivity contribution in [2.45, 2.75) is 38.8 Å². The third-order valence-electron chi connectivity index (χ3n) is 3.79. The predicted molar refractivity (Wildman–Crippen MR) is 91.4 cm³/mol. The molecule has 0 aromatic heterocycles. The zero-order valence-corrected chi connectivity index (χ0v) is 14.0. The minimum Gasteiger partial charge on any atom is -0.480 e. The van der Waals surface area contributed by atoms with Crippen molar-refractivity contribution in [1.29, 1.82) is 0 Å². The molecule has 1 aliphatic rings. The smallest absolute Gasteiger partial charge is 0.328 e. The maximum absolute atomic E-state index is 12.4. The van der Waals surface area contributed by atoms with Gasteiger partial charge < -0.3 is 15.5 Å². The average Bonchev–Trinajstić information content (AvgIpc) is 3.00. The third-order valence-corrected chi connectivity index (χ3v) is 3.79. The molecule has 1 aliphatic heterocycles. The summed E-state index contributed by atoms with van der Waals surface area (Å²) in [6, 6.07) is 6.62. The molecule has 0 spiro atoms. The molecule has 8 heteroatoms. The summed E-state index contributed by atoms with van der Waals surface area (Å²) in [5.41, 5.74) is 0.556. The molecule has 3 N–H and O–H groups in total. The fourth-order valence-electron chi connectivity index (χ4n) is 2.59. The number of nitrogens with zero attached hydrogens (tertiary/aromatic N) is 2. The van der Waals surface area contributed by atoms with Crippen LogP contribution in [0, 0.1) is 5.92 Å². The van der Waals surface area contributed by atoms with Gasteiger partial charge in [0.25, 0.3) is 5.91 Å². The van der Waals surface area contributed by atoms with Gasteiger partial charge in [-0.1, -0.05) is 32.0 Å². The highest BCUT2D eigenvalue weighted by Crippen LogP contribution is 2.24. The number of hydrogen-bond donors (Lipinski definition) is 3. The number of amides is 1. The Morgan fingerprint density at radius 2 is 1.88 bits per heavy atom. The van der Waals surface area contributed by atoms with Crippen LogP contribution < -0.4 is 10.3 Å². The molecule has 8 nitrogen and oxygen atoms in total. The molecule has 1 aromatic rings. The van der Waals surface area contributed by atoms with E-state index in [1.54, 1.807) is 30.3 Å². The van der Waals surface area contributed by atoms with Gasteiger partial charge in [-0.2, -0.15) is 5.10 Å². The van der Waals surface area contributed by atoms with Crippen molar-refractivity contribution in [2.24, 2.45) is 11.0 Å². The highest BCUT2D eigenvalue weighted by Gasteiger charge is 2.37. The lowest BCUT2D eigenvalue weighted by atomic mass is 10.0. The summed E-state index contributed by atoms with van der Waals surface area (Å²) in [5.74, 6) is -2.81. The highest BCUT2D eigenvalue weighted by molar-refractivity contribution is 6.40. The molecule has 0 fully saturated rings. The van der Waals surface area contributed by atoms with E-state index >= 15 is 0 Å². The van der Waals surface area contributed by atoms with Crippen LogP contribution in [0.25, 0.3) is 0 Å². The predicted octanol–water partition coefficient (Wildman–Crippen LogP) is 1.32. The monoisotopic (exact) mass is 347 g/mol. The first kappa shape index (κ1) is 18.4. The Morgan fingerprint density at radius 1 is 1.24 bits per heavy atom. The van der Waals surface area contributed by atoms with Crippen LogP contribution >= 0.6 is 0 Å². The summed E-state index contributed by atoms with van der Waals surface area (Å²) < 4.78 is 0. The van der Waals surface area contributed by atoms with E-state index in [0.717, 1.165) is 0 Å². The number of anilines is 1. The second kappa shape index (κ2) is 7.78. The first-order valence-corrected chi connectivity index (χ1v) is 7.97. The van der Waals surface area contributed by atoms with E-state index < -0.39 is 29.9 Å². The Bertz CT molecular complexity index is 687. The molecular weight excluding hydrogens is 326 g/mol. The summed E-state index contributed by atoms with van der Waals surface area (Å²) in [6.07, 6.45) is 0.184. The number of carbonyl (C=O) groups is 3. The number of rotatable bonds is 7. The molecule has 2 atom stereocenters. The largest absolute Gasteiger partial charge is 0.480 e. The van der Waals surface area contributed by atoms with E-state index in [4.69, 9.17) is 0 Å². The Labute approximate surface area is 145 Å². The second-order valence-corrected chi connectivity index (χ2v) is 6.28. The lowest BCUT2D eigenvalue weighted by molar-refractivity contribution is -0.141. The molecule has 25 heavy (non-hydrogen) atoms. The third kappa shape index (κ3) is 4.56. The number of nitrogens with one attached hydrogen (secondary N) is 1. The Balaban J connectivity index is 2.19. The summed E-state index contributed by atoms with van der Waals surface area (Å²) in [5, 5.41) is 26.4. The fourth-order valence-corrected chi connectivity index (χ4v) is 2.59. The molecule has 1 aromatic carbocycles. The van der Waals surface area contributed by atoms with Crippen LogP contribution in [0.3, 0.4) is 0 Å². The van der Waals surface area contributed by atoms with Gasteiger partial charge in [0.2, 0.25) is 0 Å². The lowest BCUT2D eigenvalue weighted by Gasteiger charge is -2.19. The van der Waals surface area contributed by atoms with Gasteiger partial charge in [-0.3, -0.25) is 9.80 Å². The van der Waals surface area contributed by atoms with Crippen LogP contribution in [0.15, 0.2) is 35.4 Å². The number of hydrogen-bond acceptors (Lipinski definition) is 5. The van der Waals surface area contributed by atoms with Gasteiger partial charge in [-0.05, 0) is 24.5 Å². The van der Waals surface area contributed by atoms with Crippen LogP contribution in [0.2, 0.25) is 0 Å². The molecule has 1 amide bonds. The molecule has 2 rings (SSSR count). The normalized spacial score (nSPS) is 18.0. The van der Waals surface area contributed by atoms with Gasteiger partial charge in [-0.15, -0.1) is 0 Å².